The number of hydrogen-bond donors (Lipinski definition) is 0. The largest absolute Gasteiger partial charge is 0.469 e. The standard InChI is InChI=1S/C17H34O5Si/c1-16(2,3)11-12(14(18)20-7)13(15(19)21-8)22-23(9,10)17(4,5)6/h12-13H,11H2,1-10H3/t12-,13-/m1/s1. The molecule has 0 aromatic heterocycles. The number of hydrogen-bond acceptors (Lipinski definition) is 5. The molecule has 136 valence electrons. The molecule has 0 aliphatic carbocycles. The molecule has 23 heavy (non-hydrogen) atoms. The molecule has 0 aliphatic heterocycles. The zero-order valence-electron chi connectivity index (χ0n) is 16.4. The van der Waals surface area contributed by atoms with Crippen molar-refractivity contribution in [3.8, 4) is 0 Å². The molecule has 0 heterocycles. The van der Waals surface area contributed by atoms with Gasteiger partial charge in [0.15, 0.2) is 14.4 Å². The van der Waals surface area contributed by atoms with E-state index in [2.05, 4.69) is 20.8 Å². The number of esters is 2. The molecule has 0 N–H and O–H groups in total. The lowest BCUT2D eigenvalue weighted by molar-refractivity contribution is -0.163. The highest BCUT2D eigenvalue weighted by Gasteiger charge is 2.46. The Morgan fingerprint density at radius 3 is 1.65 bits per heavy atom. The summed E-state index contributed by atoms with van der Waals surface area (Å²) in [6.45, 7) is 16.4. The molecule has 0 aromatic carbocycles. The van der Waals surface area contributed by atoms with Gasteiger partial charge < -0.3 is 13.9 Å². The Balaban J connectivity index is 5.72. The van der Waals surface area contributed by atoms with Crippen molar-refractivity contribution in [1.29, 1.82) is 0 Å². The molecule has 0 saturated carbocycles. The van der Waals surface area contributed by atoms with E-state index in [9.17, 15) is 9.59 Å². The maximum atomic E-state index is 12.3. The van der Waals surface area contributed by atoms with Crippen LogP contribution in [0.3, 0.4) is 0 Å². The lowest BCUT2D eigenvalue weighted by Crippen LogP contribution is -2.51. The molecule has 0 unspecified atom stereocenters. The molecular weight excluding hydrogens is 312 g/mol. The van der Waals surface area contributed by atoms with Crippen molar-refractivity contribution in [2.75, 3.05) is 14.2 Å². The molecule has 0 spiro atoms. The van der Waals surface area contributed by atoms with E-state index >= 15 is 0 Å². The Bertz CT molecular complexity index is 418. The fourth-order valence-corrected chi connectivity index (χ4v) is 3.28. The number of carbonyl (C=O) groups is 2. The van der Waals surface area contributed by atoms with Gasteiger partial charge in [-0.15, -0.1) is 0 Å². The second kappa shape index (κ2) is 7.79. The fourth-order valence-electron chi connectivity index (χ4n) is 2.03. The number of methoxy groups -OCH3 is 2. The topological polar surface area (TPSA) is 61.8 Å². The van der Waals surface area contributed by atoms with Crippen LogP contribution in [0.1, 0.15) is 48.0 Å². The van der Waals surface area contributed by atoms with Gasteiger partial charge in [-0.3, -0.25) is 4.79 Å². The number of rotatable bonds is 6. The summed E-state index contributed by atoms with van der Waals surface area (Å²) in [4.78, 5) is 24.6. The molecule has 0 aromatic rings. The van der Waals surface area contributed by atoms with Crippen LogP contribution in [0.5, 0.6) is 0 Å². The van der Waals surface area contributed by atoms with Crippen LogP contribution in [0.15, 0.2) is 0 Å². The Labute approximate surface area is 142 Å². The van der Waals surface area contributed by atoms with Gasteiger partial charge in [-0.2, -0.15) is 0 Å². The van der Waals surface area contributed by atoms with Gasteiger partial charge in [0, 0.05) is 0 Å². The van der Waals surface area contributed by atoms with Crippen molar-refractivity contribution in [3.05, 3.63) is 0 Å². The monoisotopic (exact) mass is 346 g/mol. The Hall–Kier alpha value is -0.883. The van der Waals surface area contributed by atoms with E-state index < -0.39 is 32.3 Å². The third-order valence-electron chi connectivity index (χ3n) is 4.36. The first kappa shape index (κ1) is 22.1. The van der Waals surface area contributed by atoms with Crippen LogP contribution in [0.25, 0.3) is 0 Å². The quantitative estimate of drug-likeness (QED) is 0.541. The molecular formula is C17H34O5Si. The summed E-state index contributed by atoms with van der Waals surface area (Å²) >= 11 is 0. The lowest BCUT2D eigenvalue weighted by Gasteiger charge is -2.40. The smallest absolute Gasteiger partial charge is 0.334 e. The Morgan fingerprint density at radius 1 is 0.913 bits per heavy atom. The molecule has 0 radical (unpaired) electrons. The molecule has 2 atom stereocenters. The van der Waals surface area contributed by atoms with Crippen molar-refractivity contribution in [1.82, 2.24) is 0 Å². The third kappa shape index (κ3) is 6.63. The second-order valence-electron chi connectivity index (χ2n) is 8.72. The zero-order chi connectivity index (χ0) is 18.6. The molecule has 0 aliphatic rings. The molecule has 0 rings (SSSR count). The predicted molar refractivity (Wildman–Crippen MR) is 93.7 cm³/mol. The van der Waals surface area contributed by atoms with Crippen molar-refractivity contribution in [3.63, 3.8) is 0 Å². The molecule has 5 nitrogen and oxygen atoms in total. The van der Waals surface area contributed by atoms with Crippen LogP contribution in [-0.4, -0.2) is 40.6 Å². The summed E-state index contributed by atoms with van der Waals surface area (Å²) in [7, 11) is 0.395. The van der Waals surface area contributed by atoms with E-state index in [1.807, 2.05) is 33.9 Å². The Morgan fingerprint density at radius 2 is 1.35 bits per heavy atom. The van der Waals surface area contributed by atoms with Crippen LogP contribution in [0, 0.1) is 11.3 Å². The average molecular weight is 347 g/mol. The predicted octanol–water partition coefficient (Wildman–Crippen LogP) is 3.78. The summed E-state index contributed by atoms with van der Waals surface area (Å²) in [5.41, 5.74) is -0.151. The average Bonchev–Trinajstić information content (AvgIpc) is 2.38. The maximum Gasteiger partial charge on any atom is 0.334 e. The van der Waals surface area contributed by atoms with Gasteiger partial charge in [0.1, 0.15) is 0 Å². The highest BCUT2D eigenvalue weighted by Crippen LogP contribution is 2.39. The van der Waals surface area contributed by atoms with Crippen molar-refractivity contribution >= 4 is 20.3 Å². The summed E-state index contributed by atoms with van der Waals surface area (Å²) in [6.07, 6.45) is -0.457. The third-order valence-corrected chi connectivity index (χ3v) is 8.82. The minimum Gasteiger partial charge on any atom is -0.469 e. The molecule has 0 saturated heterocycles. The van der Waals surface area contributed by atoms with Crippen LogP contribution < -0.4 is 0 Å². The summed E-state index contributed by atoms with van der Waals surface area (Å²) in [5, 5.41) is -0.0817. The second-order valence-corrected chi connectivity index (χ2v) is 13.5. The summed E-state index contributed by atoms with van der Waals surface area (Å²) in [5.74, 6) is -1.63. The van der Waals surface area contributed by atoms with E-state index in [4.69, 9.17) is 13.9 Å². The highest BCUT2D eigenvalue weighted by molar-refractivity contribution is 6.74. The van der Waals surface area contributed by atoms with E-state index in [0.29, 0.717) is 6.42 Å². The van der Waals surface area contributed by atoms with E-state index in [1.54, 1.807) is 0 Å². The van der Waals surface area contributed by atoms with Gasteiger partial charge in [0.05, 0.1) is 20.1 Å². The normalized spacial score (nSPS) is 15.7. The Kier molecular flexibility index (Phi) is 7.49. The molecule has 0 bridgehead atoms. The number of carbonyl (C=O) groups excluding carboxylic acids is 2. The van der Waals surface area contributed by atoms with Crippen molar-refractivity contribution < 1.29 is 23.5 Å². The lowest BCUT2D eigenvalue weighted by atomic mass is 9.82. The molecule has 0 fully saturated rings. The SMILES string of the molecule is COC(=O)[C@H](CC(C)(C)C)[C@@H](O[Si](C)(C)C(C)(C)C)C(=O)OC. The van der Waals surface area contributed by atoms with E-state index in [0.717, 1.165) is 0 Å². The van der Waals surface area contributed by atoms with Gasteiger partial charge in [-0.05, 0) is 30.0 Å². The van der Waals surface area contributed by atoms with Crippen LogP contribution in [0.2, 0.25) is 18.1 Å². The minimum atomic E-state index is -2.25. The highest BCUT2D eigenvalue weighted by atomic mass is 28.4. The first-order valence-electron chi connectivity index (χ1n) is 8.00. The maximum absolute atomic E-state index is 12.3. The van der Waals surface area contributed by atoms with Gasteiger partial charge in [-0.25, -0.2) is 4.79 Å². The first-order valence-corrected chi connectivity index (χ1v) is 10.9. The van der Waals surface area contributed by atoms with E-state index in [-0.39, 0.29) is 10.5 Å². The minimum absolute atomic E-state index is 0.0817. The van der Waals surface area contributed by atoms with E-state index in [1.165, 1.54) is 14.2 Å². The summed E-state index contributed by atoms with van der Waals surface area (Å²) in [6, 6.07) is 0. The number of ether oxygens (including phenoxy) is 2. The first-order chi connectivity index (χ1) is 10.2. The zero-order valence-corrected chi connectivity index (χ0v) is 17.4. The van der Waals surface area contributed by atoms with Crippen LogP contribution >= 0.6 is 0 Å². The fraction of sp³-hybridized carbons (Fsp3) is 0.882. The summed E-state index contributed by atoms with van der Waals surface area (Å²) < 4.78 is 16.1. The molecule has 6 heteroatoms. The van der Waals surface area contributed by atoms with Crippen LogP contribution in [0.4, 0.5) is 0 Å². The van der Waals surface area contributed by atoms with Crippen molar-refractivity contribution in [2.45, 2.75) is 72.2 Å². The van der Waals surface area contributed by atoms with Crippen molar-refractivity contribution in [2.24, 2.45) is 11.3 Å². The van der Waals surface area contributed by atoms with Gasteiger partial charge in [0.25, 0.3) is 0 Å². The van der Waals surface area contributed by atoms with Gasteiger partial charge in [0.2, 0.25) is 0 Å². The van der Waals surface area contributed by atoms with Crippen LogP contribution in [-0.2, 0) is 23.5 Å². The molecule has 0 amide bonds. The van der Waals surface area contributed by atoms with Gasteiger partial charge in [-0.1, -0.05) is 41.5 Å². The van der Waals surface area contributed by atoms with Gasteiger partial charge >= 0.3 is 11.9 Å².